The summed E-state index contributed by atoms with van der Waals surface area (Å²) in [6, 6.07) is 4.21. The molecule has 2 nitrogen and oxygen atoms in total. The Hall–Kier alpha value is -1.16. The molecule has 0 bridgehead atoms. The zero-order valence-electron chi connectivity index (χ0n) is 7.04. The number of aryl methyl sites for hydroxylation is 1. The van der Waals surface area contributed by atoms with Crippen LogP contribution in [-0.2, 0) is 0 Å². The molecule has 0 fully saturated rings. The van der Waals surface area contributed by atoms with Crippen LogP contribution < -0.4 is 0 Å². The van der Waals surface area contributed by atoms with Crippen LogP contribution in [0.2, 0.25) is 0 Å². The van der Waals surface area contributed by atoms with Crippen LogP contribution in [0.5, 0.6) is 5.75 Å². The van der Waals surface area contributed by atoms with E-state index in [0.29, 0.717) is 5.56 Å². The van der Waals surface area contributed by atoms with Crippen molar-refractivity contribution in [3.05, 3.63) is 29.3 Å². The average molecular weight is 188 g/mol. The number of aliphatic hydroxyl groups excluding tert-OH is 1. The summed E-state index contributed by atoms with van der Waals surface area (Å²) in [5.41, 5.74) is 0.586. The Morgan fingerprint density at radius 1 is 1.31 bits per heavy atom. The molecule has 0 aliphatic carbocycles. The second-order valence-corrected chi connectivity index (χ2v) is 2.84. The lowest BCUT2D eigenvalue weighted by Crippen LogP contribution is -2.08. The van der Waals surface area contributed by atoms with E-state index in [4.69, 9.17) is 10.2 Å². The molecule has 1 aromatic rings. The van der Waals surface area contributed by atoms with E-state index in [0.717, 1.165) is 0 Å². The van der Waals surface area contributed by atoms with Gasteiger partial charge in [0.2, 0.25) is 0 Å². The number of phenols is 1. The number of aliphatic hydroxyl groups is 1. The van der Waals surface area contributed by atoms with E-state index < -0.39 is 12.5 Å². The molecule has 2 N–H and O–H groups in total. The van der Waals surface area contributed by atoms with Crippen LogP contribution in [0, 0.1) is 6.92 Å². The van der Waals surface area contributed by atoms with Gasteiger partial charge in [0.15, 0.2) is 0 Å². The number of hydrogen-bond donors (Lipinski definition) is 2. The highest BCUT2D eigenvalue weighted by molar-refractivity contribution is 5.37. The molecular weight excluding hydrogens is 178 g/mol. The zero-order valence-corrected chi connectivity index (χ0v) is 7.04. The smallest absolute Gasteiger partial charge is 0.268 e. The van der Waals surface area contributed by atoms with Crippen LogP contribution in [0.4, 0.5) is 8.78 Å². The summed E-state index contributed by atoms with van der Waals surface area (Å²) >= 11 is 0. The van der Waals surface area contributed by atoms with E-state index in [9.17, 15) is 8.78 Å². The maximum absolute atomic E-state index is 12.1. The Morgan fingerprint density at radius 3 is 2.46 bits per heavy atom. The fourth-order valence-corrected chi connectivity index (χ4v) is 1.05. The Kier molecular flexibility index (Phi) is 2.83. The highest BCUT2D eigenvalue weighted by Crippen LogP contribution is 2.28. The van der Waals surface area contributed by atoms with E-state index in [1.807, 2.05) is 0 Å². The first kappa shape index (κ1) is 9.92. The second kappa shape index (κ2) is 3.70. The van der Waals surface area contributed by atoms with Gasteiger partial charge in [-0.1, -0.05) is 11.6 Å². The fraction of sp³-hybridized carbons (Fsp3) is 0.333. The minimum absolute atomic E-state index is 0.130. The van der Waals surface area contributed by atoms with E-state index in [1.54, 1.807) is 13.0 Å². The van der Waals surface area contributed by atoms with Gasteiger partial charge in [0.25, 0.3) is 6.43 Å². The van der Waals surface area contributed by atoms with Crippen molar-refractivity contribution in [1.29, 1.82) is 0 Å². The number of hydrogen-bond acceptors (Lipinski definition) is 2. The van der Waals surface area contributed by atoms with Crippen LogP contribution in [0.15, 0.2) is 18.2 Å². The van der Waals surface area contributed by atoms with Crippen molar-refractivity contribution < 1.29 is 19.0 Å². The second-order valence-electron chi connectivity index (χ2n) is 2.84. The SMILES string of the molecule is Cc1ccc(O)c(C(O)C(F)F)c1. The highest BCUT2D eigenvalue weighted by atomic mass is 19.3. The van der Waals surface area contributed by atoms with Crippen molar-refractivity contribution in [1.82, 2.24) is 0 Å². The maximum atomic E-state index is 12.1. The summed E-state index contributed by atoms with van der Waals surface area (Å²) < 4.78 is 24.1. The molecule has 0 saturated heterocycles. The summed E-state index contributed by atoms with van der Waals surface area (Å²) in [7, 11) is 0. The molecule has 1 aromatic carbocycles. The lowest BCUT2D eigenvalue weighted by molar-refractivity contribution is -0.00700. The molecular formula is C9H10F2O2. The van der Waals surface area contributed by atoms with Crippen molar-refractivity contribution in [2.45, 2.75) is 19.5 Å². The van der Waals surface area contributed by atoms with Gasteiger partial charge in [0, 0.05) is 5.56 Å². The van der Waals surface area contributed by atoms with Gasteiger partial charge >= 0.3 is 0 Å². The van der Waals surface area contributed by atoms with Crippen LogP contribution >= 0.6 is 0 Å². The number of phenolic OH excluding ortho intramolecular Hbond substituents is 1. The average Bonchev–Trinajstić information content (AvgIpc) is 2.08. The molecule has 0 radical (unpaired) electrons. The lowest BCUT2D eigenvalue weighted by Gasteiger charge is -2.11. The number of aromatic hydroxyl groups is 1. The first-order valence-electron chi connectivity index (χ1n) is 3.78. The standard InChI is InChI=1S/C9H10F2O2/c1-5-2-3-7(12)6(4-5)8(13)9(10)11/h2-4,8-9,12-13H,1H3. The molecule has 13 heavy (non-hydrogen) atoms. The molecule has 0 aromatic heterocycles. The van der Waals surface area contributed by atoms with Gasteiger partial charge in [-0.3, -0.25) is 0 Å². The van der Waals surface area contributed by atoms with Crippen LogP contribution in [0.3, 0.4) is 0 Å². The quantitative estimate of drug-likeness (QED) is 0.745. The molecule has 0 heterocycles. The van der Waals surface area contributed by atoms with E-state index in [1.165, 1.54) is 12.1 Å². The first-order valence-corrected chi connectivity index (χ1v) is 3.78. The Morgan fingerprint density at radius 2 is 1.92 bits per heavy atom. The van der Waals surface area contributed by atoms with Crippen LogP contribution in [0.25, 0.3) is 0 Å². The summed E-state index contributed by atoms with van der Waals surface area (Å²) in [6.45, 7) is 1.70. The topological polar surface area (TPSA) is 40.5 Å². The molecule has 1 rings (SSSR count). The predicted octanol–water partition coefficient (Wildman–Crippen LogP) is 2.00. The Bertz CT molecular complexity index is 300. The molecule has 0 amide bonds. The number of benzene rings is 1. The third-order valence-corrected chi connectivity index (χ3v) is 1.74. The molecule has 72 valence electrons. The Labute approximate surface area is 74.4 Å². The predicted molar refractivity (Wildman–Crippen MR) is 43.8 cm³/mol. The monoisotopic (exact) mass is 188 g/mol. The summed E-state index contributed by atoms with van der Waals surface area (Å²) in [6.07, 6.45) is -4.80. The molecule has 1 unspecified atom stereocenters. The Balaban J connectivity index is 3.05. The summed E-state index contributed by atoms with van der Waals surface area (Å²) in [5, 5.41) is 18.2. The number of rotatable bonds is 2. The zero-order chi connectivity index (χ0) is 10.0. The molecule has 0 saturated carbocycles. The minimum atomic E-state index is -2.88. The number of halogens is 2. The van der Waals surface area contributed by atoms with Gasteiger partial charge in [-0.2, -0.15) is 0 Å². The van der Waals surface area contributed by atoms with Gasteiger partial charge < -0.3 is 10.2 Å². The first-order chi connectivity index (χ1) is 6.02. The van der Waals surface area contributed by atoms with Gasteiger partial charge in [0.05, 0.1) is 0 Å². The van der Waals surface area contributed by atoms with Crippen LogP contribution in [0.1, 0.15) is 17.2 Å². The summed E-state index contributed by atoms with van der Waals surface area (Å²) in [5.74, 6) is -0.307. The summed E-state index contributed by atoms with van der Waals surface area (Å²) in [4.78, 5) is 0. The third-order valence-electron chi connectivity index (χ3n) is 1.74. The van der Waals surface area contributed by atoms with Crippen molar-refractivity contribution in [2.24, 2.45) is 0 Å². The van der Waals surface area contributed by atoms with Crippen LogP contribution in [-0.4, -0.2) is 16.6 Å². The minimum Gasteiger partial charge on any atom is -0.508 e. The molecule has 0 aliphatic rings. The van der Waals surface area contributed by atoms with E-state index in [-0.39, 0.29) is 11.3 Å². The largest absolute Gasteiger partial charge is 0.508 e. The van der Waals surface area contributed by atoms with Crippen molar-refractivity contribution in [2.75, 3.05) is 0 Å². The molecule has 1 atom stereocenters. The molecule has 4 heteroatoms. The lowest BCUT2D eigenvalue weighted by atomic mass is 10.1. The van der Waals surface area contributed by atoms with E-state index in [2.05, 4.69) is 0 Å². The molecule has 0 spiro atoms. The maximum Gasteiger partial charge on any atom is 0.268 e. The normalized spacial score (nSPS) is 13.3. The molecule has 0 aliphatic heterocycles. The van der Waals surface area contributed by atoms with Gasteiger partial charge in [-0.15, -0.1) is 0 Å². The van der Waals surface area contributed by atoms with Gasteiger partial charge in [0.1, 0.15) is 11.9 Å². The van der Waals surface area contributed by atoms with Gasteiger partial charge in [-0.05, 0) is 19.1 Å². The van der Waals surface area contributed by atoms with Crippen molar-refractivity contribution in [3.8, 4) is 5.75 Å². The number of alkyl halides is 2. The van der Waals surface area contributed by atoms with Crippen molar-refractivity contribution >= 4 is 0 Å². The van der Waals surface area contributed by atoms with Crippen molar-refractivity contribution in [3.63, 3.8) is 0 Å². The van der Waals surface area contributed by atoms with E-state index >= 15 is 0 Å². The third kappa shape index (κ3) is 2.15. The van der Waals surface area contributed by atoms with Gasteiger partial charge in [-0.25, -0.2) is 8.78 Å². The highest BCUT2D eigenvalue weighted by Gasteiger charge is 2.21. The fourth-order valence-electron chi connectivity index (χ4n) is 1.05.